The molecule has 0 radical (unpaired) electrons. The number of nitrogens with zero attached hydrogens (tertiary/aromatic N) is 1. The Morgan fingerprint density at radius 2 is 1.88 bits per heavy atom. The molecule has 0 aliphatic rings. The lowest BCUT2D eigenvalue weighted by Crippen LogP contribution is -2.18. The van der Waals surface area contributed by atoms with Gasteiger partial charge >= 0.3 is 0 Å². The van der Waals surface area contributed by atoms with Gasteiger partial charge in [-0.15, -0.1) is 0 Å². The van der Waals surface area contributed by atoms with Gasteiger partial charge < -0.3 is 9.88 Å². The Hall–Kier alpha value is -2.03. The number of carbonyl (C=O) groups is 1. The van der Waals surface area contributed by atoms with Crippen molar-refractivity contribution in [2.24, 2.45) is 0 Å². The summed E-state index contributed by atoms with van der Waals surface area (Å²) in [5.41, 5.74) is 2.07. The van der Waals surface area contributed by atoms with Crippen LogP contribution in [0.3, 0.4) is 0 Å². The first kappa shape index (κ1) is 11.5. The summed E-state index contributed by atoms with van der Waals surface area (Å²) in [7, 11) is 0. The van der Waals surface area contributed by atoms with Gasteiger partial charge in [0, 0.05) is 18.1 Å². The molecule has 3 nitrogen and oxygen atoms in total. The molecule has 0 fully saturated rings. The maximum atomic E-state index is 11.8. The van der Waals surface area contributed by atoms with Crippen molar-refractivity contribution in [2.45, 2.75) is 19.9 Å². The number of benzene rings is 1. The van der Waals surface area contributed by atoms with E-state index in [0.717, 1.165) is 17.7 Å². The van der Waals surface area contributed by atoms with Crippen LogP contribution in [0.2, 0.25) is 0 Å². The van der Waals surface area contributed by atoms with Crippen LogP contribution in [0.15, 0.2) is 48.8 Å². The average Bonchev–Trinajstić information content (AvgIpc) is 2.82. The topological polar surface area (TPSA) is 34.0 Å². The third-order valence-corrected chi connectivity index (χ3v) is 2.66. The molecule has 2 rings (SSSR count). The van der Waals surface area contributed by atoms with E-state index in [1.807, 2.05) is 53.4 Å². The molecule has 2 aromatic rings. The molecule has 1 amide bonds. The van der Waals surface area contributed by atoms with Crippen molar-refractivity contribution in [1.29, 1.82) is 0 Å². The zero-order valence-corrected chi connectivity index (χ0v) is 9.89. The fraction of sp³-hybridized carbons (Fsp3) is 0.214. The summed E-state index contributed by atoms with van der Waals surface area (Å²) in [6.45, 7) is 2.43. The average molecular weight is 228 g/mol. The van der Waals surface area contributed by atoms with E-state index in [1.165, 1.54) is 0 Å². The highest BCUT2D eigenvalue weighted by Crippen LogP contribution is 2.15. The van der Waals surface area contributed by atoms with Crippen molar-refractivity contribution < 1.29 is 4.79 Å². The van der Waals surface area contributed by atoms with Crippen LogP contribution in [0.25, 0.3) is 0 Å². The van der Waals surface area contributed by atoms with Gasteiger partial charge in [-0.3, -0.25) is 4.79 Å². The molecule has 1 N–H and O–H groups in total. The Kier molecular flexibility index (Phi) is 3.60. The first-order chi connectivity index (χ1) is 8.29. The number of para-hydroxylation sites is 1. The summed E-state index contributed by atoms with van der Waals surface area (Å²) in [6, 6.07) is 11.7. The smallest absolute Gasteiger partial charge is 0.244 e. The lowest BCUT2D eigenvalue weighted by Gasteiger charge is -2.09. The molecule has 0 saturated heterocycles. The molecule has 3 heteroatoms. The van der Waals surface area contributed by atoms with E-state index >= 15 is 0 Å². The fourth-order valence-electron chi connectivity index (χ4n) is 1.78. The summed E-state index contributed by atoms with van der Waals surface area (Å²) in [5, 5.41) is 2.94. The van der Waals surface area contributed by atoms with Crippen molar-refractivity contribution in [1.82, 2.24) is 4.57 Å². The van der Waals surface area contributed by atoms with E-state index in [-0.39, 0.29) is 5.91 Å². The fourth-order valence-corrected chi connectivity index (χ4v) is 1.78. The third kappa shape index (κ3) is 2.97. The largest absolute Gasteiger partial charge is 0.345 e. The van der Waals surface area contributed by atoms with Gasteiger partial charge in [-0.1, -0.05) is 25.1 Å². The molecule has 0 unspecified atom stereocenters. The van der Waals surface area contributed by atoms with E-state index < -0.39 is 0 Å². The van der Waals surface area contributed by atoms with Crippen LogP contribution < -0.4 is 5.32 Å². The number of amides is 1. The molecule has 0 atom stereocenters. The quantitative estimate of drug-likeness (QED) is 0.857. The van der Waals surface area contributed by atoms with Crippen molar-refractivity contribution in [2.75, 3.05) is 5.32 Å². The SMILES string of the molecule is CCc1ccccc1NC(=O)Cn1cccc1. The Balaban J connectivity index is 2.03. The maximum Gasteiger partial charge on any atom is 0.244 e. The summed E-state index contributed by atoms with van der Waals surface area (Å²) in [4.78, 5) is 11.8. The zero-order chi connectivity index (χ0) is 12.1. The van der Waals surface area contributed by atoms with Gasteiger partial charge in [0.2, 0.25) is 5.91 Å². The second kappa shape index (κ2) is 5.34. The first-order valence-electron chi connectivity index (χ1n) is 5.78. The molecular formula is C14H16N2O. The standard InChI is InChI=1S/C14H16N2O/c1-2-12-7-3-4-8-13(12)15-14(17)11-16-9-5-6-10-16/h3-10H,2,11H2,1H3,(H,15,17). The molecule has 0 saturated carbocycles. The lowest BCUT2D eigenvalue weighted by molar-refractivity contribution is -0.116. The number of carbonyl (C=O) groups excluding carboxylic acids is 1. The van der Waals surface area contributed by atoms with Crippen molar-refractivity contribution >= 4 is 11.6 Å². The molecule has 0 aliphatic heterocycles. The van der Waals surface area contributed by atoms with Crippen LogP contribution in [-0.4, -0.2) is 10.5 Å². The number of aryl methyl sites for hydroxylation is 1. The molecular weight excluding hydrogens is 212 g/mol. The van der Waals surface area contributed by atoms with Crippen molar-refractivity contribution in [3.63, 3.8) is 0 Å². The van der Waals surface area contributed by atoms with Crippen LogP contribution in [0.5, 0.6) is 0 Å². The minimum absolute atomic E-state index is 0.00194. The maximum absolute atomic E-state index is 11.8. The Morgan fingerprint density at radius 1 is 1.18 bits per heavy atom. The normalized spacial score (nSPS) is 10.2. The number of hydrogen-bond donors (Lipinski definition) is 1. The molecule has 1 aromatic heterocycles. The van der Waals surface area contributed by atoms with Crippen molar-refractivity contribution in [3.05, 3.63) is 54.4 Å². The number of nitrogens with one attached hydrogen (secondary N) is 1. The van der Waals surface area contributed by atoms with Crippen LogP contribution in [0.1, 0.15) is 12.5 Å². The van der Waals surface area contributed by atoms with Gasteiger partial charge in [0.1, 0.15) is 6.54 Å². The molecule has 0 spiro atoms. The highest BCUT2D eigenvalue weighted by molar-refractivity contribution is 5.91. The summed E-state index contributed by atoms with van der Waals surface area (Å²) < 4.78 is 1.85. The first-order valence-corrected chi connectivity index (χ1v) is 5.78. The van der Waals surface area contributed by atoms with Gasteiger partial charge in [0.05, 0.1) is 0 Å². The van der Waals surface area contributed by atoms with E-state index in [9.17, 15) is 4.79 Å². The Morgan fingerprint density at radius 3 is 2.59 bits per heavy atom. The molecule has 1 heterocycles. The van der Waals surface area contributed by atoms with E-state index in [4.69, 9.17) is 0 Å². The van der Waals surface area contributed by atoms with E-state index in [1.54, 1.807) is 0 Å². The number of anilines is 1. The van der Waals surface area contributed by atoms with Gasteiger partial charge in [0.15, 0.2) is 0 Å². The Labute approximate surface area is 101 Å². The molecule has 1 aromatic carbocycles. The summed E-state index contributed by atoms with van der Waals surface area (Å²) >= 11 is 0. The third-order valence-electron chi connectivity index (χ3n) is 2.66. The lowest BCUT2D eigenvalue weighted by atomic mass is 10.1. The predicted octanol–water partition coefficient (Wildman–Crippen LogP) is 2.69. The molecule has 17 heavy (non-hydrogen) atoms. The van der Waals surface area contributed by atoms with Gasteiger partial charge in [-0.05, 0) is 30.2 Å². The minimum atomic E-state index is 0.00194. The second-order valence-electron chi connectivity index (χ2n) is 3.91. The van der Waals surface area contributed by atoms with Crippen LogP contribution >= 0.6 is 0 Å². The predicted molar refractivity (Wildman–Crippen MR) is 68.9 cm³/mol. The van der Waals surface area contributed by atoms with Gasteiger partial charge in [-0.25, -0.2) is 0 Å². The minimum Gasteiger partial charge on any atom is -0.345 e. The monoisotopic (exact) mass is 228 g/mol. The highest BCUT2D eigenvalue weighted by atomic mass is 16.1. The van der Waals surface area contributed by atoms with Crippen molar-refractivity contribution in [3.8, 4) is 0 Å². The Bertz CT molecular complexity index is 489. The van der Waals surface area contributed by atoms with E-state index in [2.05, 4.69) is 12.2 Å². The van der Waals surface area contributed by atoms with E-state index in [0.29, 0.717) is 6.54 Å². The summed E-state index contributed by atoms with van der Waals surface area (Å²) in [6.07, 6.45) is 4.68. The zero-order valence-electron chi connectivity index (χ0n) is 9.89. The molecule has 0 aliphatic carbocycles. The van der Waals surface area contributed by atoms with Gasteiger partial charge in [-0.2, -0.15) is 0 Å². The number of aromatic nitrogens is 1. The second-order valence-corrected chi connectivity index (χ2v) is 3.91. The molecule has 88 valence electrons. The van der Waals surface area contributed by atoms with Crippen LogP contribution in [-0.2, 0) is 17.8 Å². The number of rotatable bonds is 4. The highest BCUT2D eigenvalue weighted by Gasteiger charge is 2.05. The molecule has 0 bridgehead atoms. The number of hydrogen-bond acceptors (Lipinski definition) is 1. The van der Waals surface area contributed by atoms with Crippen LogP contribution in [0, 0.1) is 0 Å². The summed E-state index contributed by atoms with van der Waals surface area (Å²) in [5.74, 6) is 0.00194. The van der Waals surface area contributed by atoms with Gasteiger partial charge in [0.25, 0.3) is 0 Å². The van der Waals surface area contributed by atoms with Crippen LogP contribution in [0.4, 0.5) is 5.69 Å².